The van der Waals surface area contributed by atoms with E-state index >= 15 is 0 Å². The second-order valence-corrected chi connectivity index (χ2v) is 6.13. The summed E-state index contributed by atoms with van der Waals surface area (Å²) in [6.07, 6.45) is 5.96. The van der Waals surface area contributed by atoms with Crippen molar-refractivity contribution in [3.63, 3.8) is 0 Å². The van der Waals surface area contributed by atoms with Gasteiger partial charge in [-0.1, -0.05) is 26.0 Å². The average molecular weight is 264 g/mol. The van der Waals surface area contributed by atoms with Crippen LogP contribution >= 0.6 is 0 Å². The lowest BCUT2D eigenvalue weighted by atomic mass is 9.86. The minimum Gasteiger partial charge on any atom is -0.342 e. The predicted octanol–water partition coefficient (Wildman–Crippen LogP) is 1.71. The fourth-order valence-electron chi connectivity index (χ4n) is 2.86. The van der Waals surface area contributed by atoms with E-state index < -0.39 is 5.54 Å². The molecular weight excluding hydrogens is 240 g/mol. The molecule has 1 heterocycles. The van der Waals surface area contributed by atoms with Crippen molar-refractivity contribution in [3.05, 3.63) is 12.2 Å². The minimum atomic E-state index is -0.665. The van der Waals surface area contributed by atoms with Crippen molar-refractivity contribution in [1.29, 1.82) is 0 Å². The van der Waals surface area contributed by atoms with Gasteiger partial charge in [0.25, 0.3) is 0 Å². The van der Waals surface area contributed by atoms with E-state index in [4.69, 9.17) is 0 Å². The third kappa shape index (κ3) is 2.28. The number of carbonyl (C=O) groups excluding carboxylic acids is 2. The Morgan fingerprint density at radius 1 is 1.42 bits per heavy atom. The van der Waals surface area contributed by atoms with Gasteiger partial charge in [-0.2, -0.15) is 0 Å². The maximum Gasteiger partial charge on any atom is 0.246 e. The van der Waals surface area contributed by atoms with Crippen LogP contribution in [0, 0.1) is 11.8 Å². The van der Waals surface area contributed by atoms with Gasteiger partial charge < -0.3 is 10.2 Å². The lowest BCUT2D eigenvalue weighted by Crippen LogP contribution is -2.71. The largest absolute Gasteiger partial charge is 0.342 e. The number of piperazine rings is 1. The first-order valence-electron chi connectivity index (χ1n) is 7.16. The first-order valence-corrected chi connectivity index (χ1v) is 7.16. The van der Waals surface area contributed by atoms with Crippen LogP contribution in [-0.2, 0) is 9.59 Å². The van der Waals surface area contributed by atoms with Gasteiger partial charge in [-0.15, -0.1) is 0 Å². The van der Waals surface area contributed by atoms with Crippen LogP contribution in [-0.4, -0.2) is 34.8 Å². The molecule has 0 bridgehead atoms. The molecule has 0 aromatic carbocycles. The van der Waals surface area contributed by atoms with Crippen LogP contribution in [0.1, 0.15) is 40.5 Å². The zero-order valence-electron chi connectivity index (χ0n) is 12.3. The molecule has 2 aliphatic rings. The maximum absolute atomic E-state index is 12.6. The summed E-state index contributed by atoms with van der Waals surface area (Å²) in [6, 6.07) is -0.385. The van der Waals surface area contributed by atoms with Crippen LogP contribution in [0.5, 0.6) is 0 Å². The Morgan fingerprint density at radius 2 is 2.05 bits per heavy atom. The molecule has 4 heteroatoms. The van der Waals surface area contributed by atoms with Crippen LogP contribution in [0.15, 0.2) is 12.2 Å². The molecule has 1 aliphatic carbocycles. The molecule has 2 amide bonds. The molecule has 0 aromatic heterocycles. The Morgan fingerprint density at radius 3 is 2.53 bits per heavy atom. The number of hydrogen-bond acceptors (Lipinski definition) is 2. The van der Waals surface area contributed by atoms with Crippen molar-refractivity contribution < 1.29 is 9.59 Å². The van der Waals surface area contributed by atoms with E-state index in [1.807, 2.05) is 39.8 Å². The van der Waals surface area contributed by atoms with E-state index in [0.29, 0.717) is 12.5 Å². The molecular formula is C15H24N2O2. The molecule has 2 fully saturated rings. The van der Waals surface area contributed by atoms with E-state index in [2.05, 4.69) is 5.32 Å². The molecule has 1 saturated heterocycles. The number of rotatable bonds is 4. The van der Waals surface area contributed by atoms with Crippen molar-refractivity contribution >= 4 is 11.8 Å². The van der Waals surface area contributed by atoms with Gasteiger partial charge in [-0.05, 0) is 38.5 Å². The standard InChI is InChI=1S/C15H24N2O2/c1-5-6-9-17-13(18)12(10(2)3)16-14(19)15(17,4)11-7-8-11/h5-6,10-12H,7-9H2,1-4H3,(H,16,19)/b6-5+. The lowest BCUT2D eigenvalue weighted by Gasteiger charge is -2.47. The highest BCUT2D eigenvalue weighted by Gasteiger charge is 2.56. The Labute approximate surface area is 115 Å². The zero-order chi connectivity index (χ0) is 14.2. The highest BCUT2D eigenvalue weighted by atomic mass is 16.2. The lowest BCUT2D eigenvalue weighted by molar-refractivity contribution is -0.158. The van der Waals surface area contributed by atoms with E-state index in [1.54, 1.807) is 4.90 Å². The predicted molar refractivity (Wildman–Crippen MR) is 74.4 cm³/mol. The highest BCUT2D eigenvalue weighted by molar-refractivity contribution is 6.00. The summed E-state index contributed by atoms with van der Waals surface area (Å²) in [5.41, 5.74) is -0.665. The van der Waals surface area contributed by atoms with Gasteiger partial charge in [0.15, 0.2) is 0 Å². The first-order chi connectivity index (χ1) is 8.92. The van der Waals surface area contributed by atoms with Crippen molar-refractivity contribution in [2.24, 2.45) is 11.8 Å². The van der Waals surface area contributed by atoms with Gasteiger partial charge in [-0.3, -0.25) is 9.59 Å². The van der Waals surface area contributed by atoms with Gasteiger partial charge in [0.05, 0.1) is 0 Å². The fourth-order valence-corrected chi connectivity index (χ4v) is 2.86. The normalized spacial score (nSPS) is 32.3. The molecule has 1 aliphatic heterocycles. The third-order valence-corrected chi connectivity index (χ3v) is 4.40. The molecule has 19 heavy (non-hydrogen) atoms. The van der Waals surface area contributed by atoms with Crippen LogP contribution in [0.2, 0.25) is 0 Å². The van der Waals surface area contributed by atoms with Gasteiger partial charge >= 0.3 is 0 Å². The van der Waals surface area contributed by atoms with Gasteiger partial charge in [0, 0.05) is 6.54 Å². The smallest absolute Gasteiger partial charge is 0.246 e. The van der Waals surface area contributed by atoms with Crippen molar-refractivity contribution in [2.75, 3.05) is 6.54 Å². The van der Waals surface area contributed by atoms with Crippen LogP contribution in [0.3, 0.4) is 0 Å². The van der Waals surface area contributed by atoms with Gasteiger partial charge in [0.1, 0.15) is 11.6 Å². The number of amides is 2. The Hall–Kier alpha value is -1.32. The van der Waals surface area contributed by atoms with Crippen LogP contribution in [0.25, 0.3) is 0 Å². The van der Waals surface area contributed by atoms with Crippen molar-refractivity contribution in [3.8, 4) is 0 Å². The summed E-state index contributed by atoms with van der Waals surface area (Å²) in [6.45, 7) is 8.31. The van der Waals surface area contributed by atoms with Crippen LogP contribution in [0.4, 0.5) is 0 Å². The summed E-state index contributed by atoms with van der Waals surface area (Å²) < 4.78 is 0. The number of carbonyl (C=O) groups is 2. The average Bonchev–Trinajstić information content (AvgIpc) is 3.17. The highest BCUT2D eigenvalue weighted by Crippen LogP contribution is 2.45. The topological polar surface area (TPSA) is 49.4 Å². The molecule has 0 radical (unpaired) electrons. The molecule has 1 N–H and O–H groups in total. The monoisotopic (exact) mass is 264 g/mol. The number of nitrogens with zero attached hydrogens (tertiary/aromatic N) is 1. The van der Waals surface area contributed by atoms with Gasteiger partial charge in [0.2, 0.25) is 11.8 Å². The molecule has 0 spiro atoms. The van der Waals surface area contributed by atoms with Gasteiger partial charge in [-0.25, -0.2) is 0 Å². The molecule has 4 nitrogen and oxygen atoms in total. The number of hydrogen-bond donors (Lipinski definition) is 1. The Kier molecular flexibility index (Phi) is 3.70. The quantitative estimate of drug-likeness (QED) is 0.786. The second kappa shape index (κ2) is 4.99. The summed E-state index contributed by atoms with van der Waals surface area (Å²) >= 11 is 0. The molecule has 2 atom stereocenters. The minimum absolute atomic E-state index is 0.0119. The molecule has 0 aromatic rings. The summed E-state index contributed by atoms with van der Waals surface area (Å²) in [4.78, 5) is 26.9. The summed E-state index contributed by atoms with van der Waals surface area (Å²) in [5.74, 6) is 0.503. The van der Waals surface area contributed by atoms with Crippen LogP contribution < -0.4 is 5.32 Å². The van der Waals surface area contributed by atoms with Crippen molar-refractivity contribution in [1.82, 2.24) is 10.2 Å². The third-order valence-electron chi connectivity index (χ3n) is 4.40. The first kappa shape index (κ1) is 14.1. The van der Waals surface area contributed by atoms with E-state index in [9.17, 15) is 9.59 Å². The molecule has 2 rings (SSSR count). The Bertz CT molecular complexity index is 412. The molecule has 2 unspecified atom stereocenters. The van der Waals surface area contributed by atoms with E-state index in [-0.39, 0.29) is 23.8 Å². The number of nitrogens with one attached hydrogen (secondary N) is 1. The molecule has 106 valence electrons. The fraction of sp³-hybridized carbons (Fsp3) is 0.733. The SMILES string of the molecule is C/C=C/CN1C(=O)C(C(C)C)NC(=O)C1(C)C1CC1. The molecule has 1 saturated carbocycles. The summed E-state index contributed by atoms with van der Waals surface area (Å²) in [7, 11) is 0. The van der Waals surface area contributed by atoms with Crippen molar-refractivity contribution in [2.45, 2.75) is 52.1 Å². The van der Waals surface area contributed by atoms with E-state index in [1.165, 1.54) is 0 Å². The second-order valence-electron chi connectivity index (χ2n) is 6.13. The maximum atomic E-state index is 12.6. The summed E-state index contributed by atoms with van der Waals surface area (Å²) in [5, 5.41) is 2.93. The number of allylic oxidation sites excluding steroid dienone is 1. The Balaban J connectivity index is 2.32. The van der Waals surface area contributed by atoms with E-state index in [0.717, 1.165) is 12.8 Å². The zero-order valence-corrected chi connectivity index (χ0v) is 12.3.